The number of thioether (sulfide) groups is 1. The van der Waals surface area contributed by atoms with E-state index in [1.165, 1.54) is 11.8 Å². The van der Waals surface area contributed by atoms with Crippen molar-refractivity contribution in [3.8, 4) is 0 Å². The average Bonchev–Trinajstić information content (AvgIpc) is 2.49. The number of nitrogens with zero attached hydrogens (tertiary/aromatic N) is 1. The highest BCUT2D eigenvalue weighted by Gasteiger charge is 2.27. The van der Waals surface area contributed by atoms with Crippen LogP contribution in [0.15, 0.2) is 18.2 Å². The predicted molar refractivity (Wildman–Crippen MR) is 89.6 cm³/mol. The summed E-state index contributed by atoms with van der Waals surface area (Å²) in [7, 11) is 0. The van der Waals surface area contributed by atoms with E-state index < -0.39 is 11.9 Å². The van der Waals surface area contributed by atoms with E-state index in [9.17, 15) is 9.59 Å². The number of carbonyl (C=O) groups excluding carboxylic acids is 1. The minimum Gasteiger partial charge on any atom is -0.481 e. The van der Waals surface area contributed by atoms with Crippen molar-refractivity contribution < 1.29 is 14.7 Å². The van der Waals surface area contributed by atoms with Crippen molar-refractivity contribution >= 4 is 46.8 Å². The Balaban J connectivity index is 1.81. The lowest BCUT2D eigenvalue weighted by molar-refractivity contribution is -0.145. The summed E-state index contributed by atoms with van der Waals surface area (Å²) < 4.78 is 0. The van der Waals surface area contributed by atoms with E-state index in [1.807, 2.05) is 6.07 Å². The molecule has 1 aliphatic heterocycles. The fourth-order valence-electron chi connectivity index (χ4n) is 2.38. The molecule has 1 aromatic rings. The van der Waals surface area contributed by atoms with E-state index in [1.54, 1.807) is 17.0 Å². The van der Waals surface area contributed by atoms with Crippen LogP contribution in [0.2, 0.25) is 10.0 Å². The average molecular weight is 362 g/mol. The Labute approximate surface area is 143 Å². The molecular formula is C15H17Cl2NO3S. The van der Waals surface area contributed by atoms with Gasteiger partial charge in [-0.25, -0.2) is 0 Å². The molecule has 1 heterocycles. The van der Waals surface area contributed by atoms with E-state index in [4.69, 9.17) is 28.3 Å². The number of aliphatic carboxylic acids is 1. The SMILES string of the molecule is O=C(O)C1CCCN(C(=O)CSCc2ccc(Cl)cc2Cl)C1. The van der Waals surface area contributed by atoms with Crippen molar-refractivity contribution in [2.24, 2.45) is 5.92 Å². The third kappa shape index (κ3) is 4.80. The van der Waals surface area contributed by atoms with Crippen LogP contribution in [0.25, 0.3) is 0 Å². The predicted octanol–water partition coefficient (Wildman–Crippen LogP) is 3.55. The Kier molecular flexibility index (Phi) is 6.41. The number of hydrogen-bond donors (Lipinski definition) is 1. The maximum absolute atomic E-state index is 12.2. The molecule has 0 aliphatic carbocycles. The fraction of sp³-hybridized carbons (Fsp3) is 0.467. The molecule has 0 spiro atoms. The molecule has 1 amide bonds. The van der Waals surface area contributed by atoms with E-state index in [0.717, 1.165) is 12.0 Å². The first-order chi connectivity index (χ1) is 10.5. The van der Waals surface area contributed by atoms with Crippen LogP contribution in [0.1, 0.15) is 18.4 Å². The summed E-state index contributed by atoms with van der Waals surface area (Å²) in [5.74, 6) is -0.323. The quantitative estimate of drug-likeness (QED) is 0.870. The number of rotatable bonds is 5. The molecule has 0 radical (unpaired) electrons. The highest BCUT2D eigenvalue weighted by atomic mass is 35.5. The smallest absolute Gasteiger partial charge is 0.308 e. The Morgan fingerprint density at radius 1 is 1.36 bits per heavy atom. The Bertz CT molecular complexity index is 568. The standard InChI is InChI=1S/C15H17Cl2NO3S/c16-12-4-3-11(13(17)6-12)8-22-9-14(19)18-5-1-2-10(7-18)15(20)21/h3-4,6,10H,1-2,5,7-9H2,(H,20,21). The number of carboxylic acids is 1. The molecule has 1 atom stereocenters. The summed E-state index contributed by atoms with van der Waals surface area (Å²) in [5.41, 5.74) is 0.936. The van der Waals surface area contributed by atoms with Crippen molar-refractivity contribution in [3.05, 3.63) is 33.8 Å². The van der Waals surface area contributed by atoms with Crippen LogP contribution in [0.3, 0.4) is 0 Å². The van der Waals surface area contributed by atoms with Crippen LogP contribution in [0, 0.1) is 5.92 Å². The normalized spacial score (nSPS) is 18.3. The van der Waals surface area contributed by atoms with Crippen LogP contribution in [-0.2, 0) is 15.3 Å². The second kappa shape index (κ2) is 8.09. The number of benzene rings is 1. The van der Waals surface area contributed by atoms with Crippen LogP contribution < -0.4 is 0 Å². The van der Waals surface area contributed by atoms with Crippen molar-refractivity contribution in [2.45, 2.75) is 18.6 Å². The third-order valence-electron chi connectivity index (χ3n) is 3.62. The van der Waals surface area contributed by atoms with Crippen molar-refractivity contribution in [3.63, 3.8) is 0 Å². The molecular weight excluding hydrogens is 345 g/mol. The summed E-state index contributed by atoms with van der Waals surface area (Å²) >= 11 is 13.4. The zero-order valence-corrected chi connectivity index (χ0v) is 14.3. The van der Waals surface area contributed by atoms with Gasteiger partial charge in [-0.3, -0.25) is 9.59 Å². The van der Waals surface area contributed by atoms with E-state index >= 15 is 0 Å². The van der Waals surface area contributed by atoms with Crippen LogP contribution in [0.4, 0.5) is 0 Å². The van der Waals surface area contributed by atoms with Gasteiger partial charge in [0.2, 0.25) is 5.91 Å². The van der Waals surface area contributed by atoms with Gasteiger partial charge >= 0.3 is 5.97 Å². The van der Waals surface area contributed by atoms with Gasteiger partial charge in [0.25, 0.3) is 0 Å². The van der Waals surface area contributed by atoms with Gasteiger partial charge in [0.15, 0.2) is 0 Å². The topological polar surface area (TPSA) is 57.6 Å². The van der Waals surface area contributed by atoms with Gasteiger partial charge in [-0.2, -0.15) is 0 Å². The lowest BCUT2D eigenvalue weighted by Crippen LogP contribution is -2.43. The number of halogens is 2. The molecule has 1 N–H and O–H groups in total. The minimum atomic E-state index is -0.821. The molecule has 0 saturated carbocycles. The number of carboxylic acid groups (broad SMARTS) is 1. The fourth-order valence-corrected chi connectivity index (χ4v) is 3.87. The summed E-state index contributed by atoms with van der Waals surface area (Å²) in [6.07, 6.45) is 1.39. The molecule has 22 heavy (non-hydrogen) atoms. The third-order valence-corrected chi connectivity index (χ3v) is 5.17. The van der Waals surface area contributed by atoms with Gasteiger partial charge in [-0.1, -0.05) is 29.3 Å². The zero-order chi connectivity index (χ0) is 16.1. The minimum absolute atomic E-state index is 0.0129. The Morgan fingerprint density at radius 3 is 2.82 bits per heavy atom. The first kappa shape index (κ1) is 17.4. The largest absolute Gasteiger partial charge is 0.481 e. The van der Waals surface area contributed by atoms with Gasteiger partial charge in [0.1, 0.15) is 0 Å². The van der Waals surface area contributed by atoms with Gasteiger partial charge in [-0.05, 0) is 30.5 Å². The molecule has 7 heteroatoms. The van der Waals surface area contributed by atoms with Crippen molar-refractivity contribution in [1.29, 1.82) is 0 Å². The van der Waals surface area contributed by atoms with Gasteiger partial charge < -0.3 is 10.0 Å². The summed E-state index contributed by atoms with van der Waals surface area (Å²) in [5, 5.41) is 10.2. The first-order valence-corrected chi connectivity index (χ1v) is 8.90. The molecule has 1 aliphatic rings. The zero-order valence-electron chi connectivity index (χ0n) is 11.9. The number of carbonyl (C=O) groups is 2. The maximum atomic E-state index is 12.2. The first-order valence-electron chi connectivity index (χ1n) is 6.99. The highest BCUT2D eigenvalue weighted by Crippen LogP contribution is 2.25. The summed E-state index contributed by atoms with van der Waals surface area (Å²) in [6, 6.07) is 5.31. The summed E-state index contributed by atoms with van der Waals surface area (Å²) in [4.78, 5) is 24.8. The molecule has 0 bridgehead atoms. The molecule has 2 rings (SSSR count). The van der Waals surface area contributed by atoms with Crippen molar-refractivity contribution in [1.82, 2.24) is 4.90 Å². The van der Waals surface area contributed by atoms with Gasteiger partial charge in [0, 0.05) is 28.9 Å². The molecule has 120 valence electrons. The van der Waals surface area contributed by atoms with Crippen molar-refractivity contribution in [2.75, 3.05) is 18.8 Å². The molecule has 1 unspecified atom stereocenters. The number of likely N-dealkylation sites (tertiary alicyclic amines) is 1. The highest BCUT2D eigenvalue weighted by molar-refractivity contribution is 7.99. The molecule has 1 saturated heterocycles. The Hall–Kier alpha value is -0.910. The molecule has 1 aromatic carbocycles. The maximum Gasteiger partial charge on any atom is 0.308 e. The second-order valence-electron chi connectivity index (χ2n) is 5.25. The molecule has 0 aromatic heterocycles. The van der Waals surface area contributed by atoms with E-state index in [0.29, 0.717) is 41.1 Å². The summed E-state index contributed by atoms with van der Waals surface area (Å²) in [6.45, 7) is 0.960. The second-order valence-corrected chi connectivity index (χ2v) is 7.07. The Morgan fingerprint density at radius 2 is 2.14 bits per heavy atom. The van der Waals surface area contributed by atoms with Crippen LogP contribution in [-0.4, -0.2) is 40.7 Å². The molecule has 4 nitrogen and oxygen atoms in total. The van der Waals surface area contributed by atoms with Gasteiger partial charge in [0.05, 0.1) is 11.7 Å². The monoisotopic (exact) mass is 361 g/mol. The number of amides is 1. The van der Waals surface area contributed by atoms with Crippen LogP contribution >= 0.6 is 35.0 Å². The lowest BCUT2D eigenvalue weighted by Gasteiger charge is -2.30. The van der Waals surface area contributed by atoms with Gasteiger partial charge in [-0.15, -0.1) is 11.8 Å². The van der Waals surface area contributed by atoms with Crippen LogP contribution in [0.5, 0.6) is 0 Å². The van der Waals surface area contributed by atoms with E-state index in [2.05, 4.69) is 0 Å². The number of piperidine rings is 1. The molecule has 1 fully saturated rings. The lowest BCUT2D eigenvalue weighted by atomic mass is 9.98. The number of hydrogen-bond acceptors (Lipinski definition) is 3. The van der Waals surface area contributed by atoms with E-state index in [-0.39, 0.29) is 5.91 Å².